The number of rotatable bonds is 1. The summed E-state index contributed by atoms with van der Waals surface area (Å²) in [5.41, 5.74) is 2.37. The second-order valence-corrected chi connectivity index (χ2v) is 5.49. The third-order valence-electron chi connectivity index (χ3n) is 3.27. The molecular weight excluding hydrogens is 317 g/mol. The Morgan fingerprint density at radius 2 is 1.90 bits per heavy atom. The first-order valence-corrected chi connectivity index (χ1v) is 7.07. The Morgan fingerprint density at radius 1 is 1.15 bits per heavy atom. The lowest BCUT2D eigenvalue weighted by molar-refractivity contribution is 0.974. The summed E-state index contributed by atoms with van der Waals surface area (Å²) in [6, 6.07) is 9.93. The van der Waals surface area contributed by atoms with Gasteiger partial charge in [0.1, 0.15) is 16.7 Å². The number of fused-ring (bicyclic) bond motifs is 1. The summed E-state index contributed by atoms with van der Waals surface area (Å²) in [4.78, 5) is 6.21. The number of para-hydroxylation sites is 1. The van der Waals surface area contributed by atoms with Crippen molar-refractivity contribution in [3.63, 3.8) is 0 Å². The molecule has 0 N–H and O–H groups in total. The maximum Gasteiger partial charge on any atom is 0.155 e. The van der Waals surface area contributed by atoms with Gasteiger partial charge >= 0.3 is 0 Å². The van der Waals surface area contributed by atoms with E-state index in [9.17, 15) is 0 Å². The van der Waals surface area contributed by atoms with Crippen molar-refractivity contribution in [3.05, 3.63) is 50.6 Å². The number of aromatic nitrogens is 1. The van der Waals surface area contributed by atoms with Crippen LogP contribution in [0.3, 0.4) is 0 Å². The van der Waals surface area contributed by atoms with Crippen LogP contribution in [0.4, 0.5) is 11.5 Å². The highest BCUT2D eigenvalue weighted by atomic mass is 35.5. The molecule has 0 amide bonds. The summed E-state index contributed by atoms with van der Waals surface area (Å²) in [5, 5.41) is 9.48. The Balaban J connectivity index is 2.16. The highest BCUT2D eigenvalue weighted by Crippen LogP contribution is 2.42. The second-order valence-electron chi connectivity index (χ2n) is 4.37. The highest BCUT2D eigenvalue weighted by Gasteiger charge is 2.26. The maximum absolute atomic E-state index is 9.01. The van der Waals surface area contributed by atoms with E-state index in [2.05, 4.69) is 11.1 Å². The molecule has 2 heterocycles. The van der Waals surface area contributed by atoms with E-state index in [0.717, 1.165) is 18.7 Å². The molecule has 6 heteroatoms. The van der Waals surface area contributed by atoms with Crippen molar-refractivity contribution in [1.29, 1.82) is 5.26 Å². The molecule has 1 aliphatic rings. The summed E-state index contributed by atoms with van der Waals surface area (Å²) in [5.74, 6) is 0.491. The van der Waals surface area contributed by atoms with Crippen LogP contribution in [0.25, 0.3) is 0 Å². The fraction of sp³-hybridized carbons (Fsp3) is 0.143. The Morgan fingerprint density at radius 3 is 2.65 bits per heavy atom. The van der Waals surface area contributed by atoms with Crippen LogP contribution in [0.15, 0.2) is 24.3 Å². The zero-order valence-corrected chi connectivity index (χ0v) is 12.5. The largest absolute Gasteiger partial charge is 0.324 e. The van der Waals surface area contributed by atoms with Gasteiger partial charge in [-0.25, -0.2) is 4.98 Å². The summed E-state index contributed by atoms with van der Waals surface area (Å²) < 4.78 is 0. The van der Waals surface area contributed by atoms with Crippen molar-refractivity contribution >= 4 is 46.3 Å². The number of pyridine rings is 1. The van der Waals surface area contributed by atoms with Gasteiger partial charge in [-0.1, -0.05) is 53.0 Å². The summed E-state index contributed by atoms with van der Waals surface area (Å²) in [6.07, 6.45) is 0.906. The SMILES string of the molecule is N#Cc1c(Cl)nc(N2CCc3ccccc32)c(Cl)c1Cl. The fourth-order valence-corrected chi connectivity index (χ4v) is 3.05. The number of anilines is 2. The predicted octanol–water partition coefficient (Wildman–Crippen LogP) is 4.61. The van der Waals surface area contributed by atoms with Crippen LogP contribution in [0.1, 0.15) is 11.1 Å². The van der Waals surface area contributed by atoms with Gasteiger partial charge in [0, 0.05) is 12.2 Å². The van der Waals surface area contributed by atoms with Crippen molar-refractivity contribution in [3.8, 4) is 6.07 Å². The van der Waals surface area contributed by atoms with E-state index < -0.39 is 0 Å². The van der Waals surface area contributed by atoms with Gasteiger partial charge in [-0.15, -0.1) is 0 Å². The van der Waals surface area contributed by atoms with Crippen LogP contribution >= 0.6 is 34.8 Å². The first-order chi connectivity index (χ1) is 9.63. The molecule has 0 radical (unpaired) electrons. The molecule has 0 atom stereocenters. The lowest BCUT2D eigenvalue weighted by Gasteiger charge is -2.20. The molecule has 1 aromatic carbocycles. The van der Waals surface area contributed by atoms with Crippen LogP contribution in [-0.4, -0.2) is 11.5 Å². The minimum absolute atomic E-state index is 0.0706. The van der Waals surface area contributed by atoms with Crippen LogP contribution in [0.2, 0.25) is 15.2 Å². The van der Waals surface area contributed by atoms with Gasteiger partial charge in [0.25, 0.3) is 0 Å². The van der Waals surface area contributed by atoms with Crippen molar-refractivity contribution < 1.29 is 0 Å². The Hall–Kier alpha value is -1.47. The first kappa shape index (κ1) is 13.5. The second kappa shape index (κ2) is 5.14. The van der Waals surface area contributed by atoms with Gasteiger partial charge in [0.15, 0.2) is 11.0 Å². The van der Waals surface area contributed by atoms with Crippen molar-refractivity contribution in [2.24, 2.45) is 0 Å². The minimum atomic E-state index is 0.0706. The van der Waals surface area contributed by atoms with Crippen molar-refractivity contribution in [1.82, 2.24) is 4.98 Å². The highest BCUT2D eigenvalue weighted by molar-refractivity contribution is 6.45. The maximum atomic E-state index is 9.01. The van der Waals surface area contributed by atoms with Gasteiger partial charge in [0.05, 0.1) is 5.02 Å². The van der Waals surface area contributed by atoms with Gasteiger partial charge in [0.2, 0.25) is 0 Å². The van der Waals surface area contributed by atoms with E-state index in [4.69, 9.17) is 40.1 Å². The molecule has 0 unspecified atom stereocenters. The molecule has 100 valence electrons. The number of hydrogen-bond acceptors (Lipinski definition) is 3. The average Bonchev–Trinajstić information content (AvgIpc) is 2.87. The van der Waals surface area contributed by atoms with Gasteiger partial charge in [-0.3, -0.25) is 0 Å². The lowest BCUT2D eigenvalue weighted by atomic mass is 10.2. The Kier molecular flexibility index (Phi) is 3.47. The molecule has 0 bridgehead atoms. The molecular formula is C14H8Cl3N3. The summed E-state index contributed by atoms with van der Waals surface area (Å²) in [6.45, 7) is 0.755. The molecule has 0 saturated carbocycles. The smallest absolute Gasteiger partial charge is 0.155 e. The monoisotopic (exact) mass is 323 g/mol. The van der Waals surface area contributed by atoms with Crippen LogP contribution in [-0.2, 0) is 6.42 Å². The molecule has 0 fully saturated rings. The average molecular weight is 325 g/mol. The fourth-order valence-electron chi connectivity index (χ4n) is 2.33. The third kappa shape index (κ3) is 2.01. The summed E-state index contributed by atoms with van der Waals surface area (Å²) >= 11 is 18.4. The van der Waals surface area contributed by atoms with E-state index >= 15 is 0 Å². The number of nitriles is 1. The molecule has 3 rings (SSSR count). The Labute approximate surface area is 131 Å². The van der Waals surface area contributed by atoms with Crippen LogP contribution in [0, 0.1) is 11.3 Å². The number of hydrogen-bond donors (Lipinski definition) is 0. The molecule has 1 aromatic heterocycles. The first-order valence-electron chi connectivity index (χ1n) is 5.93. The molecule has 1 aliphatic heterocycles. The van der Waals surface area contributed by atoms with E-state index in [-0.39, 0.29) is 20.8 Å². The summed E-state index contributed by atoms with van der Waals surface area (Å²) in [7, 11) is 0. The predicted molar refractivity (Wildman–Crippen MR) is 81.1 cm³/mol. The van der Waals surface area contributed by atoms with E-state index in [1.165, 1.54) is 5.56 Å². The van der Waals surface area contributed by atoms with Crippen molar-refractivity contribution in [2.45, 2.75) is 6.42 Å². The van der Waals surface area contributed by atoms with Gasteiger partial charge < -0.3 is 4.90 Å². The number of nitrogens with zero attached hydrogens (tertiary/aromatic N) is 3. The molecule has 0 aliphatic carbocycles. The van der Waals surface area contributed by atoms with Crippen molar-refractivity contribution in [2.75, 3.05) is 11.4 Å². The van der Waals surface area contributed by atoms with Gasteiger partial charge in [-0.05, 0) is 18.1 Å². The zero-order chi connectivity index (χ0) is 14.3. The van der Waals surface area contributed by atoms with E-state index in [1.807, 2.05) is 29.2 Å². The van der Waals surface area contributed by atoms with Gasteiger partial charge in [-0.2, -0.15) is 5.26 Å². The third-order valence-corrected chi connectivity index (χ3v) is 4.38. The quantitative estimate of drug-likeness (QED) is 0.719. The van der Waals surface area contributed by atoms with Crippen LogP contribution in [0.5, 0.6) is 0 Å². The zero-order valence-electron chi connectivity index (χ0n) is 10.2. The standard InChI is InChI=1S/C14H8Cl3N3/c15-11-9(7-18)13(17)19-14(12(11)16)20-6-5-8-3-1-2-4-10(8)20/h1-4H,5-6H2. The molecule has 20 heavy (non-hydrogen) atoms. The normalized spacial score (nSPS) is 13.2. The number of halogens is 3. The Bertz CT molecular complexity index is 737. The molecule has 0 spiro atoms. The van der Waals surface area contributed by atoms with Crippen LogP contribution < -0.4 is 4.90 Å². The topological polar surface area (TPSA) is 39.9 Å². The molecule has 0 saturated heterocycles. The lowest BCUT2D eigenvalue weighted by Crippen LogP contribution is -2.16. The van der Waals surface area contributed by atoms with E-state index in [1.54, 1.807) is 0 Å². The molecule has 2 aromatic rings. The number of benzene rings is 1. The molecule has 3 nitrogen and oxygen atoms in total. The minimum Gasteiger partial charge on any atom is -0.324 e. The van der Waals surface area contributed by atoms with E-state index in [0.29, 0.717) is 5.82 Å².